The van der Waals surface area contributed by atoms with Crippen LogP contribution in [0.25, 0.3) is 0 Å². The van der Waals surface area contributed by atoms with Gasteiger partial charge in [-0.05, 0) is 18.2 Å². The van der Waals surface area contributed by atoms with Gasteiger partial charge in [-0.15, -0.1) is 0 Å². The van der Waals surface area contributed by atoms with Crippen LogP contribution in [-0.4, -0.2) is 27.6 Å². The first-order valence-corrected chi connectivity index (χ1v) is 5.98. The van der Waals surface area contributed by atoms with Crippen molar-refractivity contribution in [3.05, 3.63) is 48.3 Å². The Balaban J connectivity index is 1.90. The van der Waals surface area contributed by atoms with Crippen molar-refractivity contribution in [2.45, 2.75) is 19.9 Å². The monoisotopic (exact) mass is 230 g/mol. The van der Waals surface area contributed by atoms with Gasteiger partial charge in [-0.25, -0.2) is 4.98 Å². The van der Waals surface area contributed by atoms with Crippen molar-refractivity contribution in [2.75, 3.05) is 13.1 Å². The Morgan fingerprint density at radius 1 is 1.41 bits per heavy atom. The molecule has 0 amide bonds. The lowest BCUT2D eigenvalue weighted by Gasteiger charge is -2.01. The zero-order valence-electron chi connectivity index (χ0n) is 10.1. The number of hydrogen-bond acceptors (Lipinski definition) is 3. The highest BCUT2D eigenvalue weighted by molar-refractivity contribution is 5.10. The summed E-state index contributed by atoms with van der Waals surface area (Å²) < 4.78 is 2.10. The van der Waals surface area contributed by atoms with E-state index in [1.165, 1.54) is 5.56 Å². The number of pyridine rings is 1. The van der Waals surface area contributed by atoms with Crippen molar-refractivity contribution in [1.82, 2.24) is 19.9 Å². The molecule has 4 nitrogen and oxygen atoms in total. The van der Waals surface area contributed by atoms with Gasteiger partial charge in [-0.3, -0.25) is 4.98 Å². The van der Waals surface area contributed by atoms with E-state index in [1.54, 1.807) is 6.20 Å². The lowest BCUT2D eigenvalue weighted by Crippen LogP contribution is -2.16. The van der Waals surface area contributed by atoms with Gasteiger partial charge in [0, 0.05) is 31.6 Å². The first-order valence-electron chi connectivity index (χ1n) is 5.98. The Labute approximate surface area is 102 Å². The molecule has 2 rings (SSSR count). The molecule has 0 atom stereocenters. The largest absolute Gasteiger partial charge is 0.333 e. The van der Waals surface area contributed by atoms with Crippen LogP contribution in [0.2, 0.25) is 0 Å². The number of likely N-dealkylation sites (N-methyl/N-ethyl adjacent to an activating group) is 1. The van der Waals surface area contributed by atoms with Crippen LogP contribution >= 0.6 is 0 Å². The average molecular weight is 230 g/mol. The van der Waals surface area contributed by atoms with Crippen LogP contribution in [-0.2, 0) is 13.0 Å². The Bertz CT molecular complexity index is 436. The van der Waals surface area contributed by atoms with Gasteiger partial charge in [-0.2, -0.15) is 0 Å². The summed E-state index contributed by atoms with van der Waals surface area (Å²) in [6.45, 7) is 4.94. The fourth-order valence-corrected chi connectivity index (χ4v) is 1.72. The second-order valence-corrected chi connectivity index (χ2v) is 4.00. The van der Waals surface area contributed by atoms with Crippen LogP contribution in [0.3, 0.4) is 0 Å². The standard InChI is InChI=1S/C13H18N4/c1-2-14-7-5-13-10-17(11-16-13)9-12-4-3-6-15-8-12/h3-4,6,8,10-11,14H,2,5,7,9H2,1H3. The van der Waals surface area contributed by atoms with E-state index in [0.29, 0.717) is 0 Å². The normalized spacial score (nSPS) is 10.6. The topological polar surface area (TPSA) is 42.7 Å². The van der Waals surface area contributed by atoms with Crippen LogP contribution in [0.1, 0.15) is 18.2 Å². The molecule has 4 heteroatoms. The van der Waals surface area contributed by atoms with Gasteiger partial charge in [0.05, 0.1) is 18.6 Å². The summed E-state index contributed by atoms with van der Waals surface area (Å²) in [6.07, 6.45) is 8.64. The summed E-state index contributed by atoms with van der Waals surface area (Å²) in [5.41, 5.74) is 2.33. The maximum Gasteiger partial charge on any atom is 0.0952 e. The molecule has 90 valence electrons. The SMILES string of the molecule is CCNCCc1cn(Cc2cccnc2)cn1. The molecule has 0 fully saturated rings. The Kier molecular flexibility index (Phi) is 4.27. The number of nitrogens with one attached hydrogen (secondary N) is 1. The second-order valence-electron chi connectivity index (χ2n) is 4.00. The molecule has 0 aliphatic carbocycles. The van der Waals surface area contributed by atoms with Gasteiger partial charge in [0.25, 0.3) is 0 Å². The number of nitrogens with zero attached hydrogens (tertiary/aromatic N) is 3. The maximum absolute atomic E-state index is 4.39. The molecule has 0 aromatic carbocycles. The molecule has 0 bridgehead atoms. The fraction of sp³-hybridized carbons (Fsp3) is 0.385. The van der Waals surface area contributed by atoms with Gasteiger partial charge in [0.15, 0.2) is 0 Å². The van der Waals surface area contributed by atoms with E-state index in [0.717, 1.165) is 31.7 Å². The number of aromatic nitrogens is 3. The fourth-order valence-electron chi connectivity index (χ4n) is 1.72. The molecule has 0 spiro atoms. The molecule has 0 saturated heterocycles. The van der Waals surface area contributed by atoms with Gasteiger partial charge >= 0.3 is 0 Å². The van der Waals surface area contributed by atoms with E-state index in [1.807, 2.05) is 18.6 Å². The number of hydrogen-bond donors (Lipinski definition) is 1. The first kappa shape index (κ1) is 11.8. The van der Waals surface area contributed by atoms with E-state index in [4.69, 9.17) is 0 Å². The van der Waals surface area contributed by atoms with Gasteiger partial charge in [-0.1, -0.05) is 13.0 Å². The third-order valence-corrected chi connectivity index (χ3v) is 2.58. The summed E-state index contributed by atoms with van der Waals surface area (Å²) in [5, 5.41) is 3.30. The summed E-state index contributed by atoms with van der Waals surface area (Å²) in [6, 6.07) is 4.03. The molecule has 2 aromatic heterocycles. The molecule has 0 saturated carbocycles. The van der Waals surface area contributed by atoms with Crippen molar-refractivity contribution < 1.29 is 0 Å². The van der Waals surface area contributed by atoms with Gasteiger partial charge in [0.1, 0.15) is 0 Å². The summed E-state index contributed by atoms with van der Waals surface area (Å²) in [5.74, 6) is 0. The smallest absolute Gasteiger partial charge is 0.0952 e. The van der Waals surface area contributed by atoms with Crippen molar-refractivity contribution in [3.63, 3.8) is 0 Å². The third-order valence-electron chi connectivity index (χ3n) is 2.58. The van der Waals surface area contributed by atoms with Crippen molar-refractivity contribution in [2.24, 2.45) is 0 Å². The molecule has 0 radical (unpaired) electrons. The Hall–Kier alpha value is -1.68. The Morgan fingerprint density at radius 3 is 3.12 bits per heavy atom. The van der Waals surface area contributed by atoms with E-state index in [-0.39, 0.29) is 0 Å². The molecule has 2 heterocycles. The molecule has 0 unspecified atom stereocenters. The quantitative estimate of drug-likeness (QED) is 0.764. The van der Waals surface area contributed by atoms with Crippen molar-refractivity contribution in [3.8, 4) is 0 Å². The number of imidazole rings is 1. The first-order chi connectivity index (χ1) is 8.38. The van der Waals surface area contributed by atoms with E-state index in [9.17, 15) is 0 Å². The minimum absolute atomic E-state index is 0.835. The average Bonchev–Trinajstić information content (AvgIpc) is 2.79. The molecule has 2 aromatic rings. The Morgan fingerprint density at radius 2 is 2.35 bits per heavy atom. The van der Waals surface area contributed by atoms with Gasteiger partial charge in [0.2, 0.25) is 0 Å². The van der Waals surface area contributed by atoms with E-state index >= 15 is 0 Å². The summed E-state index contributed by atoms with van der Waals surface area (Å²) in [4.78, 5) is 8.49. The summed E-state index contributed by atoms with van der Waals surface area (Å²) >= 11 is 0. The van der Waals surface area contributed by atoms with Crippen molar-refractivity contribution in [1.29, 1.82) is 0 Å². The van der Waals surface area contributed by atoms with Crippen LogP contribution in [0.15, 0.2) is 37.1 Å². The molecular formula is C13H18N4. The predicted octanol–water partition coefficient (Wildman–Crippen LogP) is 1.48. The molecule has 0 aliphatic rings. The molecule has 0 aliphatic heterocycles. The van der Waals surface area contributed by atoms with Crippen LogP contribution in [0.5, 0.6) is 0 Å². The molecule has 1 N–H and O–H groups in total. The minimum Gasteiger partial charge on any atom is -0.333 e. The number of rotatable bonds is 6. The zero-order valence-corrected chi connectivity index (χ0v) is 10.1. The lowest BCUT2D eigenvalue weighted by atomic mass is 10.3. The highest BCUT2D eigenvalue weighted by atomic mass is 15.0. The highest BCUT2D eigenvalue weighted by Crippen LogP contribution is 2.02. The molecule has 17 heavy (non-hydrogen) atoms. The third kappa shape index (κ3) is 3.67. The van der Waals surface area contributed by atoms with Gasteiger partial charge < -0.3 is 9.88 Å². The van der Waals surface area contributed by atoms with E-state index < -0.39 is 0 Å². The predicted molar refractivity (Wildman–Crippen MR) is 67.8 cm³/mol. The van der Waals surface area contributed by atoms with Crippen molar-refractivity contribution >= 4 is 0 Å². The maximum atomic E-state index is 4.39. The minimum atomic E-state index is 0.835. The van der Waals surface area contributed by atoms with Crippen LogP contribution in [0.4, 0.5) is 0 Å². The van der Waals surface area contributed by atoms with Crippen LogP contribution in [0, 0.1) is 0 Å². The zero-order chi connectivity index (χ0) is 11.9. The summed E-state index contributed by atoms with van der Waals surface area (Å²) in [7, 11) is 0. The molecular weight excluding hydrogens is 212 g/mol. The highest BCUT2D eigenvalue weighted by Gasteiger charge is 1.99. The second kappa shape index (κ2) is 6.15. The van der Waals surface area contributed by atoms with E-state index in [2.05, 4.69) is 39.0 Å². The lowest BCUT2D eigenvalue weighted by molar-refractivity contribution is 0.708. The van der Waals surface area contributed by atoms with Crippen LogP contribution < -0.4 is 5.32 Å².